The molecule has 0 heterocycles. The van der Waals surface area contributed by atoms with Crippen LogP contribution in [0.1, 0.15) is 79.6 Å². The topological polar surface area (TPSA) is 49.7 Å². The highest BCUT2D eigenvalue weighted by Gasteiger charge is 2.55. The fraction of sp³-hybridized carbons (Fsp3) is 1.00. The summed E-state index contributed by atoms with van der Waals surface area (Å²) >= 11 is 0. The Morgan fingerprint density at radius 1 is 1.09 bits per heavy atom. The molecule has 3 nitrogen and oxygen atoms in total. The van der Waals surface area contributed by atoms with Crippen LogP contribution >= 0.6 is 0 Å². The van der Waals surface area contributed by atoms with Gasteiger partial charge in [0.2, 0.25) is 0 Å². The minimum Gasteiger partial charge on any atom is -0.393 e. The standard InChI is InChI=1S/C20H38O3/c1-6-20(22,7-2)14-23-13-18(3,4)17-11-10-15-16(21)9-8-12-19(15,17)5/h15-17,21-22H,6-14H2,1-5H3/t15?,16?,17-,19?/m1/s1. The van der Waals surface area contributed by atoms with E-state index in [9.17, 15) is 10.2 Å². The van der Waals surface area contributed by atoms with Gasteiger partial charge in [-0.3, -0.25) is 0 Å². The Balaban J connectivity index is 1.99. The Morgan fingerprint density at radius 2 is 1.74 bits per heavy atom. The third-order valence-electron chi connectivity index (χ3n) is 7.19. The second-order valence-electron chi connectivity index (χ2n) is 9.11. The number of hydrogen-bond acceptors (Lipinski definition) is 3. The van der Waals surface area contributed by atoms with Crippen molar-refractivity contribution in [1.29, 1.82) is 0 Å². The summed E-state index contributed by atoms with van der Waals surface area (Å²) in [5, 5.41) is 20.8. The summed E-state index contributed by atoms with van der Waals surface area (Å²) in [5.41, 5.74) is -0.349. The van der Waals surface area contributed by atoms with Crippen molar-refractivity contribution in [1.82, 2.24) is 0 Å². The second kappa shape index (κ2) is 7.01. The largest absolute Gasteiger partial charge is 0.393 e. The number of fused-ring (bicyclic) bond motifs is 1. The van der Waals surface area contributed by atoms with Crippen molar-refractivity contribution in [2.45, 2.75) is 91.3 Å². The van der Waals surface area contributed by atoms with Gasteiger partial charge in [0.15, 0.2) is 0 Å². The van der Waals surface area contributed by atoms with Crippen molar-refractivity contribution in [3.05, 3.63) is 0 Å². The predicted molar refractivity (Wildman–Crippen MR) is 94.3 cm³/mol. The highest BCUT2D eigenvalue weighted by Crippen LogP contribution is 2.60. The maximum Gasteiger partial charge on any atom is 0.0874 e. The lowest BCUT2D eigenvalue weighted by Gasteiger charge is -2.48. The summed E-state index contributed by atoms with van der Waals surface area (Å²) in [4.78, 5) is 0. The van der Waals surface area contributed by atoms with E-state index in [1.165, 1.54) is 12.8 Å². The highest BCUT2D eigenvalue weighted by atomic mass is 16.5. The zero-order valence-electron chi connectivity index (χ0n) is 15.9. The van der Waals surface area contributed by atoms with Crippen LogP contribution in [0.2, 0.25) is 0 Å². The third-order valence-corrected chi connectivity index (χ3v) is 7.19. The molecule has 2 aliphatic carbocycles. The maximum absolute atomic E-state index is 10.4. The van der Waals surface area contributed by atoms with E-state index >= 15 is 0 Å². The van der Waals surface area contributed by atoms with E-state index in [4.69, 9.17) is 4.74 Å². The van der Waals surface area contributed by atoms with Gasteiger partial charge < -0.3 is 14.9 Å². The first-order valence-electron chi connectivity index (χ1n) is 9.67. The van der Waals surface area contributed by atoms with Crippen molar-refractivity contribution in [3.8, 4) is 0 Å². The molecule has 2 saturated carbocycles. The summed E-state index contributed by atoms with van der Waals surface area (Å²) < 4.78 is 6.00. The van der Waals surface area contributed by atoms with E-state index in [2.05, 4.69) is 20.8 Å². The molecular weight excluding hydrogens is 288 g/mol. The molecule has 0 bridgehead atoms. The number of aliphatic hydroxyl groups is 2. The molecule has 3 heteroatoms. The number of ether oxygens (including phenoxy) is 1. The van der Waals surface area contributed by atoms with Crippen LogP contribution in [0.25, 0.3) is 0 Å². The van der Waals surface area contributed by atoms with E-state index in [0.717, 1.165) is 32.1 Å². The van der Waals surface area contributed by atoms with Crippen LogP contribution < -0.4 is 0 Å². The average Bonchev–Trinajstić information content (AvgIpc) is 2.86. The number of aliphatic hydroxyl groups excluding tert-OH is 1. The van der Waals surface area contributed by atoms with Crippen molar-refractivity contribution in [3.63, 3.8) is 0 Å². The fourth-order valence-electron chi connectivity index (χ4n) is 5.49. The SMILES string of the molecule is CCC(O)(CC)COCC(C)(C)[C@H]1CCC2C(O)CCCC21C. The molecule has 0 aromatic carbocycles. The molecule has 2 N–H and O–H groups in total. The van der Waals surface area contributed by atoms with Gasteiger partial charge >= 0.3 is 0 Å². The Hall–Kier alpha value is -0.120. The fourth-order valence-corrected chi connectivity index (χ4v) is 5.49. The Labute approximate surface area is 142 Å². The molecule has 3 unspecified atom stereocenters. The van der Waals surface area contributed by atoms with Crippen LogP contribution in [0.15, 0.2) is 0 Å². The molecule has 136 valence electrons. The van der Waals surface area contributed by atoms with Crippen molar-refractivity contribution >= 4 is 0 Å². The van der Waals surface area contributed by atoms with E-state index in [1.54, 1.807) is 0 Å². The molecular formula is C20H38O3. The second-order valence-corrected chi connectivity index (χ2v) is 9.11. The van der Waals surface area contributed by atoms with Gasteiger partial charge in [0.1, 0.15) is 0 Å². The molecule has 0 radical (unpaired) electrons. The van der Waals surface area contributed by atoms with Crippen LogP contribution in [-0.4, -0.2) is 35.1 Å². The third kappa shape index (κ3) is 3.77. The summed E-state index contributed by atoms with van der Waals surface area (Å²) in [7, 11) is 0. The first kappa shape index (κ1) is 19.2. The first-order chi connectivity index (χ1) is 10.7. The van der Waals surface area contributed by atoms with Crippen LogP contribution in [-0.2, 0) is 4.74 Å². The summed E-state index contributed by atoms with van der Waals surface area (Å²) in [6.45, 7) is 12.2. The summed E-state index contributed by atoms with van der Waals surface area (Å²) in [6.07, 6.45) is 7.06. The molecule has 0 saturated heterocycles. The minimum atomic E-state index is -0.681. The van der Waals surface area contributed by atoms with E-state index in [0.29, 0.717) is 25.0 Å². The molecule has 23 heavy (non-hydrogen) atoms. The van der Waals surface area contributed by atoms with Gasteiger partial charge in [0, 0.05) is 0 Å². The zero-order valence-corrected chi connectivity index (χ0v) is 15.9. The van der Waals surface area contributed by atoms with Gasteiger partial charge in [-0.05, 0) is 61.2 Å². The van der Waals surface area contributed by atoms with Crippen LogP contribution in [0.5, 0.6) is 0 Å². The van der Waals surface area contributed by atoms with E-state index < -0.39 is 5.60 Å². The lowest BCUT2D eigenvalue weighted by molar-refractivity contribution is -0.0963. The predicted octanol–water partition coefficient (Wildman–Crippen LogP) is 4.16. The van der Waals surface area contributed by atoms with Crippen molar-refractivity contribution < 1.29 is 14.9 Å². The van der Waals surface area contributed by atoms with Gasteiger partial charge in [0.25, 0.3) is 0 Å². The Bertz CT molecular complexity index is 388. The molecule has 0 amide bonds. The number of rotatable bonds is 7. The quantitative estimate of drug-likeness (QED) is 0.738. The molecule has 2 aliphatic rings. The zero-order chi connectivity index (χ0) is 17.3. The van der Waals surface area contributed by atoms with E-state index in [1.807, 2.05) is 13.8 Å². The minimum absolute atomic E-state index is 0.0863. The lowest BCUT2D eigenvalue weighted by Crippen LogP contribution is -2.46. The van der Waals surface area contributed by atoms with Crippen molar-refractivity contribution in [2.75, 3.05) is 13.2 Å². The lowest BCUT2D eigenvalue weighted by atomic mass is 9.58. The van der Waals surface area contributed by atoms with Gasteiger partial charge in [-0.2, -0.15) is 0 Å². The van der Waals surface area contributed by atoms with Crippen LogP contribution in [0.3, 0.4) is 0 Å². The molecule has 0 aromatic rings. The van der Waals surface area contributed by atoms with Gasteiger partial charge in [-0.1, -0.05) is 41.0 Å². The van der Waals surface area contributed by atoms with Crippen molar-refractivity contribution in [2.24, 2.45) is 22.7 Å². The summed E-state index contributed by atoms with van der Waals surface area (Å²) in [5.74, 6) is 1.05. The molecule has 4 atom stereocenters. The van der Waals surface area contributed by atoms with Gasteiger partial charge in [-0.15, -0.1) is 0 Å². The Morgan fingerprint density at radius 3 is 2.35 bits per heavy atom. The Kier molecular flexibility index (Phi) is 5.86. The maximum atomic E-state index is 10.4. The molecule has 2 fully saturated rings. The smallest absolute Gasteiger partial charge is 0.0874 e. The number of hydrogen-bond donors (Lipinski definition) is 2. The van der Waals surface area contributed by atoms with Gasteiger partial charge in [-0.25, -0.2) is 0 Å². The van der Waals surface area contributed by atoms with Crippen LogP contribution in [0, 0.1) is 22.7 Å². The molecule has 0 spiro atoms. The molecule has 0 aliphatic heterocycles. The average molecular weight is 327 g/mol. The first-order valence-corrected chi connectivity index (χ1v) is 9.67. The van der Waals surface area contributed by atoms with Crippen LogP contribution in [0.4, 0.5) is 0 Å². The molecule has 2 rings (SSSR count). The van der Waals surface area contributed by atoms with E-state index in [-0.39, 0.29) is 16.9 Å². The summed E-state index contributed by atoms with van der Waals surface area (Å²) in [6, 6.07) is 0. The van der Waals surface area contributed by atoms with Gasteiger partial charge in [0.05, 0.1) is 24.9 Å². The normalized spacial score (nSPS) is 35.3. The molecule has 0 aromatic heterocycles. The monoisotopic (exact) mass is 326 g/mol. The highest BCUT2D eigenvalue weighted by molar-refractivity contribution is 5.04.